The molecule has 0 saturated heterocycles. The highest BCUT2D eigenvalue weighted by Gasteiger charge is 2.26. The summed E-state index contributed by atoms with van der Waals surface area (Å²) in [5, 5.41) is 9.46. The lowest BCUT2D eigenvalue weighted by atomic mass is 9.78. The van der Waals surface area contributed by atoms with Gasteiger partial charge in [0.25, 0.3) is 0 Å². The van der Waals surface area contributed by atoms with Crippen LogP contribution in [-0.4, -0.2) is 10.00 Å². The van der Waals surface area contributed by atoms with Gasteiger partial charge in [0.1, 0.15) is 17.2 Å². The summed E-state index contributed by atoms with van der Waals surface area (Å²) in [4.78, 5) is 9.94. The summed E-state index contributed by atoms with van der Waals surface area (Å²) in [6.45, 7) is 4.12. The van der Waals surface area contributed by atoms with Crippen LogP contribution in [0.2, 0.25) is 0 Å². The topological polar surface area (TPSA) is 76.0 Å². The molecular weight excluding hydrogens is 363 g/mol. The van der Waals surface area contributed by atoms with Crippen LogP contribution in [0.5, 0.6) is 17.2 Å². The third-order valence-electron chi connectivity index (χ3n) is 4.35. The Hall–Kier alpha value is -2.75. The van der Waals surface area contributed by atoms with Crippen molar-refractivity contribution in [1.82, 2.24) is 0 Å². The van der Waals surface area contributed by atoms with Gasteiger partial charge in [-0.05, 0) is 47.5 Å². The van der Waals surface area contributed by atoms with Crippen molar-refractivity contribution in [1.29, 1.82) is 0 Å². The standard InChI is InChI=1S/C21H21O5P/c1-21(2,16-8-12-18(22)13-9-16)17-10-14-20(15-11-17)26-27(23,24)25-19-6-4-3-5-7-19/h3-15,22H,1-2H3,(H,23,24). The summed E-state index contributed by atoms with van der Waals surface area (Å²) < 4.78 is 22.4. The molecule has 3 aromatic rings. The van der Waals surface area contributed by atoms with Gasteiger partial charge >= 0.3 is 7.82 Å². The van der Waals surface area contributed by atoms with Crippen LogP contribution in [0.3, 0.4) is 0 Å². The molecule has 0 spiro atoms. The number of hydrogen-bond donors (Lipinski definition) is 2. The molecule has 0 bridgehead atoms. The fourth-order valence-corrected chi connectivity index (χ4v) is 3.56. The molecule has 2 N–H and O–H groups in total. The van der Waals surface area contributed by atoms with Crippen LogP contribution < -0.4 is 9.05 Å². The lowest BCUT2D eigenvalue weighted by molar-refractivity contribution is 0.291. The molecule has 0 amide bonds. The fraction of sp³-hybridized carbons (Fsp3) is 0.143. The number of phenolic OH excluding ortho intramolecular Hbond substituents is 1. The summed E-state index contributed by atoms with van der Waals surface area (Å²) >= 11 is 0. The number of phenols is 1. The van der Waals surface area contributed by atoms with Crippen molar-refractivity contribution in [2.24, 2.45) is 0 Å². The van der Waals surface area contributed by atoms with E-state index in [1.165, 1.54) is 0 Å². The van der Waals surface area contributed by atoms with Crippen LogP contribution >= 0.6 is 7.82 Å². The van der Waals surface area contributed by atoms with E-state index >= 15 is 0 Å². The minimum Gasteiger partial charge on any atom is -0.508 e. The Labute approximate surface area is 158 Å². The van der Waals surface area contributed by atoms with Crippen LogP contribution in [0.4, 0.5) is 0 Å². The Morgan fingerprint density at radius 2 is 1.19 bits per heavy atom. The van der Waals surface area contributed by atoms with Gasteiger partial charge in [-0.1, -0.05) is 56.3 Å². The lowest BCUT2D eigenvalue weighted by Gasteiger charge is -2.26. The molecule has 3 rings (SSSR count). The predicted octanol–water partition coefficient (Wildman–Crippen LogP) is 5.28. The highest BCUT2D eigenvalue weighted by atomic mass is 31.2. The first kappa shape index (κ1) is 19.0. The Morgan fingerprint density at radius 3 is 1.70 bits per heavy atom. The summed E-state index contributed by atoms with van der Waals surface area (Å²) in [6.07, 6.45) is 0. The first-order chi connectivity index (χ1) is 12.8. The van der Waals surface area contributed by atoms with E-state index in [1.54, 1.807) is 54.6 Å². The van der Waals surface area contributed by atoms with Gasteiger partial charge in [0, 0.05) is 5.41 Å². The highest BCUT2D eigenvalue weighted by Crippen LogP contribution is 2.44. The molecule has 3 aromatic carbocycles. The van der Waals surface area contributed by atoms with Crippen molar-refractivity contribution >= 4 is 7.82 Å². The molecule has 0 aliphatic rings. The SMILES string of the molecule is CC(C)(c1ccc(O)cc1)c1ccc(OP(=O)(O)Oc2ccccc2)cc1. The van der Waals surface area contributed by atoms with Gasteiger partial charge in [0.2, 0.25) is 0 Å². The third-order valence-corrected chi connectivity index (χ3v) is 5.23. The Morgan fingerprint density at radius 1 is 0.741 bits per heavy atom. The number of para-hydroxylation sites is 1. The normalized spacial score (nSPS) is 13.6. The zero-order chi connectivity index (χ0) is 19.5. The summed E-state index contributed by atoms with van der Waals surface area (Å²) in [5.41, 5.74) is 1.72. The van der Waals surface area contributed by atoms with Crippen LogP contribution in [0.25, 0.3) is 0 Å². The molecule has 0 aromatic heterocycles. The second-order valence-electron chi connectivity index (χ2n) is 6.66. The van der Waals surface area contributed by atoms with E-state index in [2.05, 4.69) is 13.8 Å². The van der Waals surface area contributed by atoms with Crippen LogP contribution in [0.1, 0.15) is 25.0 Å². The molecule has 6 heteroatoms. The molecule has 140 valence electrons. The number of aromatic hydroxyl groups is 1. The average Bonchev–Trinajstić information content (AvgIpc) is 2.62. The second-order valence-corrected chi connectivity index (χ2v) is 7.96. The maximum absolute atomic E-state index is 12.2. The van der Waals surface area contributed by atoms with E-state index in [-0.39, 0.29) is 22.7 Å². The van der Waals surface area contributed by atoms with E-state index in [0.717, 1.165) is 11.1 Å². The van der Waals surface area contributed by atoms with E-state index in [9.17, 15) is 14.6 Å². The van der Waals surface area contributed by atoms with Crippen molar-refractivity contribution in [2.75, 3.05) is 0 Å². The molecular formula is C21H21O5P. The average molecular weight is 384 g/mol. The molecule has 0 radical (unpaired) electrons. The summed E-state index contributed by atoms with van der Waals surface area (Å²) in [6, 6.07) is 22.3. The highest BCUT2D eigenvalue weighted by molar-refractivity contribution is 7.48. The molecule has 0 fully saturated rings. The Balaban J connectivity index is 1.75. The second kappa shape index (κ2) is 7.47. The van der Waals surface area contributed by atoms with E-state index in [0.29, 0.717) is 0 Å². The van der Waals surface area contributed by atoms with E-state index < -0.39 is 7.82 Å². The molecule has 5 nitrogen and oxygen atoms in total. The number of rotatable bonds is 6. The first-order valence-electron chi connectivity index (χ1n) is 8.43. The van der Waals surface area contributed by atoms with Gasteiger partial charge in [-0.3, -0.25) is 4.89 Å². The predicted molar refractivity (Wildman–Crippen MR) is 104 cm³/mol. The maximum Gasteiger partial charge on any atom is 0.584 e. The van der Waals surface area contributed by atoms with Crippen molar-refractivity contribution in [3.63, 3.8) is 0 Å². The number of phosphoric ester groups is 1. The van der Waals surface area contributed by atoms with Crippen molar-refractivity contribution < 1.29 is 23.6 Å². The smallest absolute Gasteiger partial charge is 0.508 e. The molecule has 0 aliphatic carbocycles. The Bertz CT molecular complexity index is 935. The molecule has 1 atom stereocenters. The lowest BCUT2D eigenvalue weighted by Crippen LogP contribution is -2.18. The van der Waals surface area contributed by atoms with Crippen LogP contribution in [-0.2, 0) is 9.98 Å². The fourth-order valence-electron chi connectivity index (χ4n) is 2.74. The van der Waals surface area contributed by atoms with Gasteiger partial charge in [0.05, 0.1) is 0 Å². The largest absolute Gasteiger partial charge is 0.584 e. The third kappa shape index (κ3) is 4.70. The minimum absolute atomic E-state index is 0.218. The van der Waals surface area contributed by atoms with Crippen molar-refractivity contribution in [3.8, 4) is 17.2 Å². The van der Waals surface area contributed by atoms with Crippen LogP contribution in [0, 0.1) is 0 Å². The maximum atomic E-state index is 12.2. The van der Waals surface area contributed by atoms with Crippen LogP contribution in [0.15, 0.2) is 78.9 Å². The van der Waals surface area contributed by atoms with Gasteiger partial charge < -0.3 is 14.2 Å². The van der Waals surface area contributed by atoms with Crippen molar-refractivity contribution in [2.45, 2.75) is 19.3 Å². The number of benzene rings is 3. The van der Waals surface area contributed by atoms with Gasteiger partial charge in [-0.25, -0.2) is 4.57 Å². The quantitative estimate of drug-likeness (QED) is 0.566. The summed E-state index contributed by atoms with van der Waals surface area (Å²) in [5.74, 6) is 0.714. The summed E-state index contributed by atoms with van der Waals surface area (Å²) in [7, 11) is -4.28. The van der Waals surface area contributed by atoms with Gasteiger partial charge in [-0.15, -0.1) is 0 Å². The zero-order valence-electron chi connectivity index (χ0n) is 15.1. The molecule has 27 heavy (non-hydrogen) atoms. The van der Waals surface area contributed by atoms with E-state index in [1.807, 2.05) is 24.3 Å². The van der Waals surface area contributed by atoms with Crippen molar-refractivity contribution in [3.05, 3.63) is 90.0 Å². The minimum atomic E-state index is -4.28. The number of phosphoric acid groups is 1. The van der Waals surface area contributed by atoms with Gasteiger partial charge in [-0.2, -0.15) is 0 Å². The number of hydrogen-bond acceptors (Lipinski definition) is 4. The Kier molecular flexibility index (Phi) is 5.26. The first-order valence-corrected chi connectivity index (χ1v) is 9.93. The molecule has 0 heterocycles. The molecule has 1 unspecified atom stereocenters. The molecule has 0 aliphatic heterocycles. The monoisotopic (exact) mass is 384 g/mol. The van der Waals surface area contributed by atoms with Gasteiger partial charge in [0.15, 0.2) is 0 Å². The molecule has 0 saturated carbocycles. The zero-order valence-corrected chi connectivity index (χ0v) is 16.0. The van der Waals surface area contributed by atoms with E-state index in [4.69, 9.17) is 9.05 Å².